The molecular formula is C17H28. The molecular weight excluding hydrogens is 204 g/mol. The summed E-state index contributed by atoms with van der Waals surface area (Å²) in [5.41, 5.74) is 4.15. The minimum atomic E-state index is 0.653. The van der Waals surface area contributed by atoms with Crippen molar-refractivity contribution in [2.45, 2.75) is 59.8 Å². The van der Waals surface area contributed by atoms with E-state index in [9.17, 15) is 0 Å². The third kappa shape index (κ3) is 7.79. The third-order valence-corrected chi connectivity index (χ3v) is 2.79. The second-order valence-electron chi connectivity index (χ2n) is 4.96. The van der Waals surface area contributed by atoms with Crippen LogP contribution in [-0.2, 0) is 6.42 Å². The Morgan fingerprint density at radius 2 is 1.59 bits per heavy atom. The van der Waals surface area contributed by atoms with Crippen LogP contribution in [0.5, 0.6) is 0 Å². The second-order valence-corrected chi connectivity index (χ2v) is 4.96. The quantitative estimate of drug-likeness (QED) is 0.581. The van der Waals surface area contributed by atoms with E-state index in [4.69, 9.17) is 0 Å². The molecule has 0 saturated heterocycles. The summed E-state index contributed by atoms with van der Waals surface area (Å²) in [6.45, 7) is 14.5. The van der Waals surface area contributed by atoms with Gasteiger partial charge in [0.15, 0.2) is 0 Å². The summed E-state index contributed by atoms with van der Waals surface area (Å²) >= 11 is 0. The van der Waals surface area contributed by atoms with Gasteiger partial charge in [-0.2, -0.15) is 0 Å². The number of hydrogen-bond acceptors (Lipinski definition) is 0. The normalized spacial score (nSPS) is 9.76. The van der Waals surface area contributed by atoms with Crippen LogP contribution in [0.2, 0.25) is 0 Å². The molecule has 0 radical (unpaired) electrons. The van der Waals surface area contributed by atoms with Gasteiger partial charge in [0.25, 0.3) is 0 Å². The molecule has 0 aliphatic rings. The van der Waals surface area contributed by atoms with Gasteiger partial charge in [-0.1, -0.05) is 64.0 Å². The van der Waals surface area contributed by atoms with Crippen molar-refractivity contribution >= 4 is 0 Å². The Hall–Kier alpha value is -1.04. The van der Waals surface area contributed by atoms with Gasteiger partial charge >= 0.3 is 0 Å². The number of allylic oxidation sites excluding steroid dienone is 1. The summed E-state index contributed by atoms with van der Waals surface area (Å²) in [4.78, 5) is 0. The van der Waals surface area contributed by atoms with E-state index in [1.165, 1.54) is 29.5 Å². The van der Waals surface area contributed by atoms with E-state index in [-0.39, 0.29) is 0 Å². The van der Waals surface area contributed by atoms with E-state index in [2.05, 4.69) is 58.5 Å². The minimum Gasteiger partial charge on any atom is -0.100 e. The van der Waals surface area contributed by atoms with Gasteiger partial charge < -0.3 is 0 Å². The lowest BCUT2D eigenvalue weighted by atomic mass is 10.0. The highest BCUT2D eigenvalue weighted by molar-refractivity contribution is 5.24. The topological polar surface area (TPSA) is 0 Å². The van der Waals surface area contributed by atoms with Gasteiger partial charge in [0.05, 0.1) is 0 Å². The largest absolute Gasteiger partial charge is 0.100 e. The van der Waals surface area contributed by atoms with Crippen LogP contribution in [0.4, 0.5) is 0 Å². The van der Waals surface area contributed by atoms with Crippen LogP contribution in [0, 0.1) is 0 Å². The van der Waals surface area contributed by atoms with Gasteiger partial charge in [0.1, 0.15) is 0 Å². The number of benzene rings is 1. The van der Waals surface area contributed by atoms with Crippen molar-refractivity contribution in [3.63, 3.8) is 0 Å². The highest BCUT2D eigenvalue weighted by Gasteiger charge is 1.97. The Balaban J connectivity index is 0.000000437. The zero-order chi connectivity index (χ0) is 13.3. The molecule has 17 heavy (non-hydrogen) atoms. The first kappa shape index (κ1) is 16.0. The van der Waals surface area contributed by atoms with Crippen LogP contribution in [0.1, 0.15) is 64.5 Å². The van der Waals surface area contributed by atoms with Crippen LogP contribution in [-0.4, -0.2) is 0 Å². The fraction of sp³-hybridized carbons (Fsp3) is 0.529. The Labute approximate surface area is 108 Å². The fourth-order valence-electron chi connectivity index (χ4n) is 1.36. The summed E-state index contributed by atoms with van der Waals surface area (Å²) in [6.07, 6.45) is 3.55. The Kier molecular flexibility index (Phi) is 8.49. The standard InChI is InChI=1S/C12H18.C5H10/c1-4-5-11-6-8-12(9-7-11)10(2)3;1-4-5(2)3/h6-10H,4-5H2,1-3H3;2,4H2,1,3H3. The zero-order valence-corrected chi connectivity index (χ0v) is 12.2. The molecule has 0 N–H and O–H groups in total. The third-order valence-electron chi connectivity index (χ3n) is 2.79. The first-order valence-electron chi connectivity index (χ1n) is 6.74. The van der Waals surface area contributed by atoms with Crippen molar-refractivity contribution in [1.29, 1.82) is 0 Å². The lowest BCUT2D eigenvalue weighted by molar-refractivity contribution is 0.861. The van der Waals surface area contributed by atoms with Gasteiger partial charge in [0, 0.05) is 0 Å². The first-order valence-corrected chi connectivity index (χ1v) is 6.74. The van der Waals surface area contributed by atoms with Crippen LogP contribution >= 0.6 is 0 Å². The lowest BCUT2D eigenvalue weighted by Gasteiger charge is -2.05. The van der Waals surface area contributed by atoms with Crippen LogP contribution in [0.15, 0.2) is 36.4 Å². The van der Waals surface area contributed by atoms with E-state index in [1.807, 2.05) is 6.92 Å². The molecule has 0 saturated carbocycles. The average molecular weight is 232 g/mol. The van der Waals surface area contributed by atoms with Crippen molar-refractivity contribution in [2.24, 2.45) is 0 Å². The maximum atomic E-state index is 3.67. The maximum Gasteiger partial charge on any atom is -0.0219 e. The average Bonchev–Trinajstić information content (AvgIpc) is 2.31. The summed E-state index contributed by atoms with van der Waals surface area (Å²) in [6, 6.07) is 8.99. The molecule has 1 aromatic carbocycles. The molecule has 0 aliphatic carbocycles. The summed E-state index contributed by atoms with van der Waals surface area (Å²) in [5.74, 6) is 0.653. The molecule has 0 aliphatic heterocycles. The smallest absolute Gasteiger partial charge is 0.0219 e. The van der Waals surface area contributed by atoms with Gasteiger partial charge in [-0.3, -0.25) is 0 Å². The summed E-state index contributed by atoms with van der Waals surface area (Å²) in [5, 5.41) is 0. The predicted molar refractivity (Wildman–Crippen MR) is 79.6 cm³/mol. The molecule has 0 heterocycles. The molecule has 0 amide bonds. The van der Waals surface area contributed by atoms with E-state index >= 15 is 0 Å². The summed E-state index contributed by atoms with van der Waals surface area (Å²) < 4.78 is 0. The zero-order valence-electron chi connectivity index (χ0n) is 12.2. The molecule has 0 aromatic heterocycles. The molecule has 0 spiro atoms. The monoisotopic (exact) mass is 232 g/mol. The molecule has 0 atom stereocenters. The predicted octanol–water partition coefficient (Wildman–Crippen LogP) is 5.74. The Morgan fingerprint density at radius 3 is 1.88 bits per heavy atom. The molecule has 0 fully saturated rings. The molecule has 0 nitrogen and oxygen atoms in total. The SMILES string of the molecule is C=C(C)CC.CCCc1ccc(C(C)C)cc1. The van der Waals surface area contributed by atoms with E-state index in [0.29, 0.717) is 5.92 Å². The van der Waals surface area contributed by atoms with Crippen LogP contribution < -0.4 is 0 Å². The van der Waals surface area contributed by atoms with Crippen molar-refractivity contribution in [3.05, 3.63) is 47.5 Å². The van der Waals surface area contributed by atoms with E-state index in [1.54, 1.807) is 0 Å². The van der Waals surface area contributed by atoms with Gasteiger partial charge in [0.2, 0.25) is 0 Å². The maximum absolute atomic E-state index is 3.67. The number of rotatable bonds is 4. The van der Waals surface area contributed by atoms with Gasteiger partial charge in [-0.25, -0.2) is 0 Å². The Bertz CT molecular complexity index is 303. The fourth-order valence-corrected chi connectivity index (χ4v) is 1.36. The van der Waals surface area contributed by atoms with E-state index in [0.717, 1.165) is 6.42 Å². The van der Waals surface area contributed by atoms with Gasteiger partial charge in [-0.15, -0.1) is 6.58 Å². The highest BCUT2D eigenvalue weighted by atomic mass is 14.0. The van der Waals surface area contributed by atoms with Crippen molar-refractivity contribution < 1.29 is 0 Å². The summed E-state index contributed by atoms with van der Waals surface area (Å²) in [7, 11) is 0. The first-order chi connectivity index (χ1) is 8.01. The number of hydrogen-bond donors (Lipinski definition) is 0. The lowest BCUT2D eigenvalue weighted by Crippen LogP contribution is -1.88. The highest BCUT2D eigenvalue weighted by Crippen LogP contribution is 2.15. The van der Waals surface area contributed by atoms with Crippen molar-refractivity contribution in [1.82, 2.24) is 0 Å². The van der Waals surface area contributed by atoms with Crippen LogP contribution in [0.25, 0.3) is 0 Å². The molecule has 0 unspecified atom stereocenters. The number of aryl methyl sites for hydroxylation is 1. The molecule has 96 valence electrons. The van der Waals surface area contributed by atoms with Gasteiger partial charge in [-0.05, 0) is 36.8 Å². The van der Waals surface area contributed by atoms with E-state index < -0.39 is 0 Å². The molecule has 0 bridgehead atoms. The van der Waals surface area contributed by atoms with Crippen molar-refractivity contribution in [2.75, 3.05) is 0 Å². The second kappa shape index (κ2) is 9.04. The Morgan fingerprint density at radius 1 is 1.12 bits per heavy atom. The van der Waals surface area contributed by atoms with Crippen LogP contribution in [0.3, 0.4) is 0 Å². The van der Waals surface area contributed by atoms with Crippen molar-refractivity contribution in [3.8, 4) is 0 Å². The minimum absolute atomic E-state index is 0.653. The molecule has 0 heteroatoms. The molecule has 1 rings (SSSR count). The molecule has 1 aromatic rings.